The summed E-state index contributed by atoms with van der Waals surface area (Å²) in [6.45, 7) is 1.67. The number of halogens is 1. The van der Waals surface area contributed by atoms with Crippen molar-refractivity contribution >= 4 is 17.5 Å². The Labute approximate surface area is 246 Å². The van der Waals surface area contributed by atoms with E-state index in [1.54, 1.807) is 23.2 Å². The van der Waals surface area contributed by atoms with Crippen LogP contribution in [0, 0.1) is 0 Å². The highest BCUT2D eigenvalue weighted by Crippen LogP contribution is 2.31. The Morgan fingerprint density at radius 3 is 1.98 bits per heavy atom. The Hall–Kier alpha value is -4.61. The molecule has 0 aliphatic rings. The van der Waals surface area contributed by atoms with Gasteiger partial charge < -0.3 is 14.4 Å². The molecule has 1 heterocycles. The summed E-state index contributed by atoms with van der Waals surface area (Å²) in [4.78, 5) is 19.9. The lowest BCUT2D eigenvalue weighted by molar-refractivity contribution is 0.0744. The molecule has 0 unspecified atom stereocenters. The topological polar surface area (TPSA) is 51.7 Å². The number of benzene rings is 4. The number of carbonyl (C=O) groups is 1. The average molecular weight is 563 g/mol. The molecular weight excluding hydrogens is 532 g/mol. The van der Waals surface area contributed by atoms with Crippen molar-refractivity contribution in [2.45, 2.75) is 26.2 Å². The Balaban J connectivity index is 1.39. The van der Waals surface area contributed by atoms with Crippen LogP contribution in [0.15, 0.2) is 128 Å². The predicted molar refractivity (Wildman–Crippen MR) is 162 cm³/mol. The van der Waals surface area contributed by atoms with E-state index in [0.717, 1.165) is 22.4 Å². The molecule has 0 aliphatic heterocycles. The molecule has 206 valence electrons. The summed E-state index contributed by atoms with van der Waals surface area (Å²) in [7, 11) is 0. The van der Waals surface area contributed by atoms with E-state index in [1.165, 1.54) is 0 Å². The molecule has 0 saturated carbocycles. The third kappa shape index (κ3) is 7.96. The lowest BCUT2D eigenvalue weighted by Gasteiger charge is -2.24. The van der Waals surface area contributed by atoms with Gasteiger partial charge in [-0.3, -0.25) is 9.78 Å². The van der Waals surface area contributed by atoms with E-state index >= 15 is 0 Å². The van der Waals surface area contributed by atoms with Crippen LogP contribution in [0.2, 0.25) is 5.02 Å². The van der Waals surface area contributed by atoms with Gasteiger partial charge in [0.25, 0.3) is 5.91 Å². The third-order valence-corrected chi connectivity index (χ3v) is 6.94. The van der Waals surface area contributed by atoms with Gasteiger partial charge in [-0.25, -0.2) is 0 Å². The number of pyridine rings is 1. The van der Waals surface area contributed by atoms with Crippen LogP contribution < -0.4 is 9.47 Å². The SMILES string of the molecule is O=C(c1ccccc1Cl)N(CCc1ccccn1)Cc1ccc(OCc2ccccc2)c(OCc2ccccc2)c1. The molecule has 4 aromatic carbocycles. The van der Waals surface area contributed by atoms with Crippen LogP contribution in [0.5, 0.6) is 11.5 Å². The number of nitrogens with zero attached hydrogens (tertiary/aromatic N) is 2. The minimum absolute atomic E-state index is 0.136. The molecule has 0 bridgehead atoms. The molecule has 1 amide bonds. The van der Waals surface area contributed by atoms with Gasteiger partial charge in [-0.05, 0) is 53.1 Å². The smallest absolute Gasteiger partial charge is 0.255 e. The molecule has 5 aromatic rings. The molecule has 6 heteroatoms. The van der Waals surface area contributed by atoms with E-state index < -0.39 is 0 Å². The van der Waals surface area contributed by atoms with Crippen molar-refractivity contribution in [3.63, 3.8) is 0 Å². The highest BCUT2D eigenvalue weighted by molar-refractivity contribution is 6.33. The van der Waals surface area contributed by atoms with Gasteiger partial charge >= 0.3 is 0 Å². The number of aromatic nitrogens is 1. The first-order valence-electron chi connectivity index (χ1n) is 13.6. The van der Waals surface area contributed by atoms with E-state index in [2.05, 4.69) is 4.98 Å². The fourth-order valence-corrected chi connectivity index (χ4v) is 4.64. The van der Waals surface area contributed by atoms with Crippen molar-refractivity contribution in [2.24, 2.45) is 0 Å². The van der Waals surface area contributed by atoms with Crippen molar-refractivity contribution in [3.8, 4) is 11.5 Å². The number of rotatable bonds is 12. The number of hydrogen-bond donors (Lipinski definition) is 0. The molecular formula is C35H31ClN2O3. The number of carbonyl (C=O) groups excluding carboxylic acids is 1. The largest absolute Gasteiger partial charge is 0.485 e. The molecule has 5 rings (SSSR count). The first-order chi connectivity index (χ1) is 20.2. The zero-order chi connectivity index (χ0) is 28.3. The van der Waals surface area contributed by atoms with E-state index in [4.69, 9.17) is 21.1 Å². The fraction of sp³-hybridized carbons (Fsp3) is 0.143. The van der Waals surface area contributed by atoms with Crippen molar-refractivity contribution in [1.82, 2.24) is 9.88 Å². The summed E-state index contributed by atoms with van der Waals surface area (Å²) >= 11 is 6.42. The quantitative estimate of drug-likeness (QED) is 0.156. The molecule has 0 radical (unpaired) electrons. The molecule has 0 spiro atoms. The molecule has 0 N–H and O–H groups in total. The number of amides is 1. The Kier molecular flexibility index (Phi) is 9.64. The van der Waals surface area contributed by atoms with Crippen molar-refractivity contribution < 1.29 is 14.3 Å². The zero-order valence-electron chi connectivity index (χ0n) is 22.7. The second kappa shape index (κ2) is 14.1. The van der Waals surface area contributed by atoms with Crippen molar-refractivity contribution in [2.75, 3.05) is 6.54 Å². The van der Waals surface area contributed by atoms with E-state index in [1.807, 2.05) is 109 Å². The van der Waals surface area contributed by atoms with E-state index in [-0.39, 0.29) is 5.91 Å². The van der Waals surface area contributed by atoms with E-state index in [0.29, 0.717) is 54.8 Å². The lowest BCUT2D eigenvalue weighted by Crippen LogP contribution is -2.32. The Morgan fingerprint density at radius 1 is 0.683 bits per heavy atom. The zero-order valence-corrected chi connectivity index (χ0v) is 23.4. The van der Waals surface area contributed by atoms with E-state index in [9.17, 15) is 4.79 Å². The summed E-state index contributed by atoms with van der Waals surface area (Å²) in [5.74, 6) is 1.13. The first-order valence-corrected chi connectivity index (χ1v) is 13.9. The van der Waals surface area contributed by atoms with Crippen LogP contribution in [-0.2, 0) is 26.2 Å². The minimum atomic E-state index is -0.136. The van der Waals surface area contributed by atoms with Crippen LogP contribution in [0.25, 0.3) is 0 Å². The highest BCUT2D eigenvalue weighted by Gasteiger charge is 2.20. The van der Waals surface area contributed by atoms with Crippen molar-refractivity contribution in [3.05, 3.63) is 160 Å². The van der Waals surface area contributed by atoms with Gasteiger partial charge in [-0.2, -0.15) is 0 Å². The monoisotopic (exact) mass is 562 g/mol. The summed E-state index contributed by atoms with van der Waals surface area (Å²) in [6.07, 6.45) is 2.38. The Bertz CT molecular complexity index is 1550. The molecule has 41 heavy (non-hydrogen) atoms. The third-order valence-electron chi connectivity index (χ3n) is 6.61. The molecule has 1 aromatic heterocycles. The standard InChI is InChI=1S/C35H31ClN2O3/c36-32-17-8-7-16-31(32)35(39)38(22-20-30-15-9-10-21-37-30)24-29-18-19-33(40-25-27-11-3-1-4-12-27)34(23-29)41-26-28-13-5-2-6-14-28/h1-19,21,23H,20,22,24-26H2. The number of hydrogen-bond acceptors (Lipinski definition) is 4. The van der Waals surface area contributed by atoms with Crippen LogP contribution >= 0.6 is 11.6 Å². The fourth-order valence-electron chi connectivity index (χ4n) is 4.43. The normalized spacial score (nSPS) is 10.7. The van der Waals surface area contributed by atoms with Gasteiger partial charge in [0.1, 0.15) is 13.2 Å². The minimum Gasteiger partial charge on any atom is -0.485 e. The maximum atomic E-state index is 13.7. The van der Waals surface area contributed by atoms with Gasteiger partial charge in [0.15, 0.2) is 11.5 Å². The molecule has 0 atom stereocenters. The summed E-state index contributed by atoms with van der Waals surface area (Å²) in [6, 6.07) is 38.8. The van der Waals surface area contributed by atoms with Crippen LogP contribution in [0.4, 0.5) is 0 Å². The maximum absolute atomic E-state index is 13.7. The van der Waals surface area contributed by atoms with Crippen molar-refractivity contribution in [1.29, 1.82) is 0 Å². The average Bonchev–Trinajstić information content (AvgIpc) is 3.03. The maximum Gasteiger partial charge on any atom is 0.255 e. The summed E-state index contributed by atoms with van der Waals surface area (Å²) in [5, 5.41) is 0.428. The lowest BCUT2D eigenvalue weighted by atomic mass is 10.1. The van der Waals surface area contributed by atoms with Gasteiger partial charge in [0.05, 0.1) is 10.6 Å². The molecule has 0 saturated heterocycles. The molecule has 0 fully saturated rings. The predicted octanol–water partition coefficient (Wildman–Crippen LogP) is 7.78. The van der Waals surface area contributed by atoms with Gasteiger partial charge in [-0.15, -0.1) is 0 Å². The number of ether oxygens (including phenoxy) is 2. The summed E-state index contributed by atoms with van der Waals surface area (Å²) < 4.78 is 12.4. The van der Waals surface area contributed by atoms with Gasteiger partial charge in [0, 0.05) is 31.4 Å². The Morgan fingerprint density at radius 2 is 1.32 bits per heavy atom. The van der Waals surface area contributed by atoms with Gasteiger partial charge in [0.2, 0.25) is 0 Å². The highest BCUT2D eigenvalue weighted by atomic mass is 35.5. The van der Waals surface area contributed by atoms with Crippen LogP contribution in [-0.4, -0.2) is 22.3 Å². The van der Waals surface area contributed by atoms with Crippen LogP contribution in [0.3, 0.4) is 0 Å². The van der Waals surface area contributed by atoms with Gasteiger partial charge in [-0.1, -0.05) is 96.5 Å². The first kappa shape index (κ1) is 27.9. The second-order valence-corrected chi connectivity index (χ2v) is 10.0. The second-order valence-electron chi connectivity index (χ2n) is 9.61. The van der Waals surface area contributed by atoms with Crippen LogP contribution in [0.1, 0.15) is 32.7 Å². The molecule has 5 nitrogen and oxygen atoms in total. The summed E-state index contributed by atoms with van der Waals surface area (Å²) in [5.41, 5.74) is 4.43. The molecule has 0 aliphatic carbocycles.